The van der Waals surface area contributed by atoms with Gasteiger partial charge in [-0.05, 0) is 54.5 Å². The molecule has 158 valence electrons. The number of carboxylic acids is 1. The van der Waals surface area contributed by atoms with E-state index in [1.54, 1.807) is 6.92 Å². The number of fused-ring (bicyclic) bond motifs is 1. The number of aliphatic carboxylic acids is 1. The van der Waals surface area contributed by atoms with Gasteiger partial charge in [0.2, 0.25) is 0 Å². The molecular formula is C26H30O4. The van der Waals surface area contributed by atoms with Crippen molar-refractivity contribution < 1.29 is 19.1 Å². The highest BCUT2D eigenvalue weighted by molar-refractivity contribution is 5.97. The third-order valence-electron chi connectivity index (χ3n) is 5.28. The Morgan fingerprint density at radius 2 is 1.83 bits per heavy atom. The van der Waals surface area contributed by atoms with E-state index in [2.05, 4.69) is 39.8 Å². The van der Waals surface area contributed by atoms with Crippen LogP contribution in [0.25, 0.3) is 27.7 Å². The fourth-order valence-corrected chi connectivity index (χ4v) is 3.67. The quantitative estimate of drug-likeness (QED) is 0.420. The molecule has 0 atom stereocenters. The molecule has 3 rings (SSSR count). The van der Waals surface area contributed by atoms with Gasteiger partial charge in [-0.3, -0.25) is 0 Å². The van der Waals surface area contributed by atoms with Gasteiger partial charge in [0.15, 0.2) is 0 Å². The maximum atomic E-state index is 11.1. The van der Waals surface area contributed by atoms with Gasteiger partial charge in [0.1, 0.15) is 17.1 Å². The third-order valence-corrected chi connectivity index (χ3v) is 5.28. The Morgan fingerprint density at radius 3 is 2.43 bits per heavy atom. The molecule has 1 heterocycles. The lowest BCUT2D eigenvalue weighted by molar-refractivity contribution is -0.131. The molecule has 0 radical (unpaired) electrons. The van der Waals surface area contributed by atoms with Crippen molar-refractivity contribution in [2.45, 2.75) is 53.4 Å². The molecule has 0 aliphatic rings. The first kappa shape index (κ1) is 21.7. The van der Waals surface area contributed by atoms with E-state index in [1.807, 2.05) is 31.2 Å². The number of hydrogen-bond donors (Lipinski definition) is 1. The van der Waals surface area contributed by atoms with Crippen LogP contribution in [0, 0.1) is 0 Å². The van der Waals surface area contributed by atoms with Crippen LogP contribution in [0.1, 0.15) is 70.3 Å². The molecule has 4 heteroatoms. The van der Waals surface area contributed by atoms with Gasteiger partial charge in [-0.25, -0.2) is 4.79 Å². The van der Waals surface area contributed by atoms with E-state index in [9.17, 15) is 4.79 Å². The molecule has 0 aliphatic carbocycles. The van der Waals surface area contributed by atoms with E-state index in [0.717, 1.165) is 27.8 Å². The molecule has 0 fully saturated rings. The number of benzene rings is 2. The Hall–Kier alpha value is -3.01. The smallest absolute Gasteiger partial charge is 0.328 e. The second-order valence-electron chi connectivity index (χ2n) is 8.23. The maximum Gasteiger partial charge on any atom is 0.328 e. The van der Waals surface area contributed by atoms with Gasteiger partial charge in [0.25, 0.3) is 0 Å². The summed E-state index contributed by atoms with van der Waals surface area (Å²) in [6.07, 6.45) is 1.17. The topological polar surface area (TPSA) is 59.7 Å². The van der Waals surface area contributed by atoms with Crippen LogP contribution < -0.4 is 4.74 Å². The van der Waals surface area contributed by atoms with Crippen molar-refractivity contribution in [3.63, 3.8) is 0 Å². The van der Waals surface area contributed by atoms with Crippen LogP contribution in [-0.4, -0.2) is 17.7 Å². The molecule has 2 aromatic carbocycles. The molecule has 0 aliphatic heterocycles. The van der Waals surface area contributed by atoms with E-state index in [0.29, 0.717) is 29.8 Å². The molecular weight excluding hydrogens is 376 g/mol. The van der Waals surface area contributed by atoms with Gasteiger partial charge in [-0.15, -0.1) is 0 Å². The van der Waals surface area contributed by atoms with Crippen LogP contribution in [0.4, 0.5) is 0 Å². The van der Waals surface area contributed by atoms with Gasteiger partial charge in [-0.1, -0.05) is 52.0 Å². The number of ether oxygens (including phenoxy) is 1. The predicted octanol–water partition coefficient (Wildman–Crippen LogP) is 7.23. The zero-order valence-corrected chi connectivity index (χ0v) is 18.6. The Labute approximate surface area is 178 Å². The van der Waals surface area contributed by atoms with Crippen LogP contribution in [0.5, 0.6) is 5.75 Å². The van der Waals surface area contributed by atoms with Crippen molar-refractivity contribution in [3.8, 4) is 16.9 Å². The lowest BCUT2D eigenvalue weighted by Gasteiger charge is -2.21. The fourth-order valence-electron chi connectivity index (χ4n) is 3.67. The van der Waals surface area contributed by atoms with Crippen LogP contribution in [0.15, 0.2) is 46.9 Å². The average Bonchev–Trinajstić information content (AvgIpc) is 3.12. The molecule has 4 nitrogen and oxygen atoms in total. The van der Waals surface area contributed by atoms with Gasteiger partial charge >= 0.3 is 5.97 Å². The zero-order chi connectivity index (χ0) is 22.0. The Balaban J connectivity index is 2.31. The van der Waals surface area contributed by atoms with Gasteiger partial charge in [-0.2, -0.15) is 0 Å². The van der Waals surface area contributed by atoms with E-state index < -0.39 is 5.97 Å². The first-order valence-corrected chi connectivity index (χ1v) is 10.5. The van der Waals surface area contributed by atoms with Crippen LogP contribution in [0.2, 0.25) is 0 Å². The molecule has 0 amide bonds. The summed E-state index contributed by atoms with van der Waals surface area (Å²) in [5, 5.41) is 10.0. The molecule has 1 N–H and O–H groups in total. The van der Waals surface area contributed by atoms with E-state index in [4.69, 9.17) is 14.3 Å². The van der Waals surface area contributed by atoms with Gasteiger partial charge in [0.05, 0.1) is 6.61 Å². The molecule has 0 unspecified atom stereocenters. The molecule has 30 heavy (non-hydrogen) atoms. The molecule has 0 bridgehead atoms. The third kappa shape index (κ3) is 4.28. The number of carbonyl (C=O) groups is 1. The maximum absolute atomic E-state index is 11.1. The summed E-state index contributed by atoms with van der Waals surface area (Å²) in [6, 6.07) is 12.4. The van der Waals surface area contributed by atoms with Crippen LogP contribution in [0.3, 0.4) is 0 Å². The van der Waals surface area contributed by atoms with Crippen molar-refractivity contribution in [2.75, 3.05) is 6.61 Å². The highest BCUT2D eigenvalue weighted by Gasteiger charge is 2.20. The monoisotopic (exact) mass is 406 g/mol. The van der Waals surface area contributed by atoms with Crippen molar-refractivity contribution in [3.05, 3.63) is 59.4 Å². The highest BCUT2D eigenvalue weighted by Crippen LogP contribution is 2.43. The largest absolute Gasteiger partial charge is 0.493 e. The van der Waals surface area contributed by atoms with Gasteiger partial charge < -0.3 is 14.3 Å². The second-order valence-corrected chi connectivity index (χ2v) is 8.23. The van der Waals surface area contributed by atoms with Crippen LogP contribution >= 0.6 is 0 Å². The zero-order valence-electron chi connectivity index (χ0n) is 18.6. The first-order chi connectivity index (χ1) is 14.2. The summed E-state index contributed by atoms with van der Waals surface area (Å²) in [5.74, 6) is 1.15. The first-order valence-electron chi connectivity index (χ1n) is 10.5. The minimum absolute atomic E-state index is 0.316. The standard InChI is InChI=1S/C26H30O4/c1-7-29-26-21(16(4)5)12-19(15(2)3)13-22(26)20-10-8-9-18-14-23(30-25(18)20)17(6)11-24(27)28/h8-16H,7H2,1-6H3,(H,27,28)/b17-11+. The van der Waals surface area contributed by atoms with E-state index in [-0.39, 0.29) is 0 Å². The van der Waals surface area contributed by atoms with Crippen molar-refractivity contribution in [1.82, 2.24) is 0 Å². The number of hydrogen-bond acceptors (Lipinski definition) is 3. The number of allylic oxidation sites excluding steroid dienone is 1. The average molecular weight is 407 g/mol. The molecule has 1 aromatic heterocycles. The van der Waals surface area contributed by atoms with Crippen molar-refractivity contribution >= 4 is 22.5 Å². The molecule has 0 saturated carbocycles. The number of furan rings is 1. The summed E-state index contributed by atoms with van der Waals surface area (Å²) in [4.78, 5) is 11.1. The summed E-state index contributed by atoms with van der Waals surface area (Å²) < 4.78 is 12.3. The van der Waals surface area contributed by atoms with Crippen molar-refractivity contribution in [1.29, 1.82) is 0 Å². The molecule has 0 saturated heterocycles. The normalized spacial score (nSPS) is 12.2. The number of carboxylic acid groups (broad SMARTS) is 1. The highest BCUT2D eigenvalue weighted by atomic mass is 16.5. The minimum Gasteiger partial charge on any atom is -0.493 e. The lowest BCUT2D eigenvalue weighted by Crippen LogP contribution is -2.03. The summed E-state index contributed by atoms with van der Waals surface area (Å²) >= 11 is 0. The fraction of sp³-hybridized carbons (Fsp3) is 0.346. The number of para-hydroxylation sites is 1. The Bertz CT molecular complexity index is 1100. The minimum atomic E-state index is -0.988. The summed E-state index contributed by atoms with van der Waals surface area (Å²) in [6.45, 7) is 13.1. The summed E-state index contributed by atoms with van der Waals surface area (Å²) in [5.41, 5.74) is 5.72. The predicted molar refractivity (Wildman–Crippen MR) is 122 cm³/mol. The van der Waals surface area contributed by atoms with E-state index >= 15 is 0 Å². The van der Waals surface area contributed by atoms with Gasteiger partial charge in [0, 0.05) is 22.6 Å². The second kappa shape index (κ2) is 8.78. The lowest BCUT2D eigenvalue weighted by atomic mass is 9.89. The van der Waals surface area contributed by atoms with Crippen molar-refractivity contribution in [2.24, 2.45) is 0 Å². The molecule has 3 aromatic rings. The SMILES string of the molecule is CCOc1c(-c2cccc3cc(/C(C)=C/C(=O)O)oc23)cc(C(C)C)cc1C(C)C. The summed E-state index contributed by atoms with van der Waals surface area (Å²) in [7, 11) is 0. The van der Waals surface area contributed by atoms with E-state index in [1.165, 1.54) is 17.2 Å². The van der Waals surface area contributed by atoms with Crippen LogP contribution in [-0.2, 0) is 4.79 Å². The molecule has 0 spiro atoms. The Kier molecular flexibility index (Phi) is 6.35. The Morgan fingerprint density at radius 1 is 1.10 bits per heavy atom. The number of rotatable bonds is 7.